The summed E-state index contributed by atoms with van der Waals surface area (Å²) in [4.78, 5) is 11.9. The van der Waals surface area contributed by atoms with Crippen molar-refractivity contribution in [3.05, 3.63) is 29.3 Å². The number of hydrogen-bond donors (Lipinski definition) is 2. The topological polar surface area (TPSA) is 58.6 Å². The second-order valence-corrected chi connectivity index (χ2v) is 4.80. The number of amides is 1. The lowest BCUT2D eigenvalue weighted by atomic mass is 9.79. The molecule has 0 fully saturated rings. The van der Waals surface area contributed by atoms with Gasteiger partial charge in [0.05, 0.1) is 6.61 Å². The van der Waals surface area contributed by atoms with Crippen molar-refractivity contribution in [3.8, 4) is 0 Å². The normalized spacial score (nSPS) is 15.4. The number of rotatable bonds is 4. The van der Waals surface area contributed by atoms with Crippen LogP contribution in [0.15, 0.2) is 18.2 Å². The quantitative estimate of drug-likeness (QED) is 0.769. The highest BCUT2D eigenvalue weighted by Gasteiger charge is 2.27. The van der Waals surface area contributed by atoms with E-state index < -0.39 is 7.12 Å². The first kappa shape index (κ1) is 13.1. The first-order chi connectivity index (χ1) is 8.61. The van der Waals surface area contributed by atoms with Crippen molar-refractivity contribution in [3.63, 3.8) is 0 Å². The van der Waals surface area contributed by atoms with E-state index in [1.807, 2.05) is 0 Å². The van der Waals surface area contributed by atoms with Crippen molar-refractivity contribution in [2.24, 2.45) is 5.92 Å². The Morgan fingerprint density at radius 2 is 2.39 bits per heavy atom. The molecule has 0 aromatic heterocycles. The fourth-order valence-corrected chi connectivity index (χ4v) is 1.88. The lowest BCUT2D eigenvalue weighted by molar-refractivity contribution is 0.0947. The smallest absolute Gasteiger partial charge is 0.423 e. The summed E-state index contributed by atoms with van der Waals surface area (Å²) in [6.07, 6.45) is 1.05. The third-order valence-electron chi connectivity index (χ3n) is 3.38. The number of fused-ring (bicyclic) bond motifs is 1. The molecule has 0 radical (unpaired) electrons. The molecule has 1 heterocycles. The van der Waals surface area contributed by atoms with Crippen LogP contribution < -0.4 is 10.8 Å². The van der Waals surface area contributed by atoms with Gasteiger partial charge in [0.25, 0.3) is 5.91 Å². The highest BCUT2D eigenvalue weighted by Crippen LogP contribution is 2.12. The summed E-state index contributed by atoms with van der Waals surface area (Å²) in [5.41, 5.74) is 2.27. The second-order valence-electron chi connectivity index (χ2n) is 4.80. The van der Waals surface area contributed by atoms with E-state index in [9.17, 15) is 9.82 Å². The van der Waals surface area contributed by atoms with Gasteiger partial charge in [-0.05, 0) is 29.1 Å². The van der Waals surface area contributed by atoms with Gasteiger partial charge in [0, 0.05) is 12.1 Å². The summed E-state index contributed by atoms with van der Waals surface area (Å²) >= 11 is 0. The van der Waals surface area contributed by atoms with Gasteiger partial charge in [-0.15, -0.1) is 0 Å². The molecule has 1 aromatic rings. The average molecular weight is 247 g/mol. The summed E-state index contributed by atoms with van der Waals surface area (Å²) in [7, 11) is -0.850. The Balaban J connectivity index is 2.03. The molecule has 18 heavy (non-hydrogen) atoms. The van der Waals surface area contributed by atoms with E-state index in [1.165, 1.54) is 0 Å². The van der Waals surface area contributed by atoms with Gasteiger partial charge in [0.2, 0.25) is 0 Å². The fourth-order valence-electron chi connectivity index (χ4n) is 1.88. The molecular weight excluding hydrogens is 229 g/mol. The van der Waals surface area contributed by atoms with E-state index >= 15 is 0 Å². The molecule has 5 heteroatoms. The molecule has 2 N–H and O–H groups in total. The number of carbonyl (C=O) groups excluding carboxylic acids is 1. The van der Waals surface area contributed by atoms with Gasteiger partial charge >= 0.3 is 7.12 Å². The van der Waals surface area contributed by atoms with Crippen LogP contribution in [0.5, 0.6) is 0 Å². The van der Waals surface area contributed by atoms with Crippen LogP contribution in [0.4, 0.5) is 0 Å². The molecule has 1 aliphatic rings. The van der Waals surface area contributed by atoms with Crippen LogP contribution in [0.25, 0.3) is 0 Å². The Morgan fingerprint density at radius 3 is 3.11 bits per heavy atom. The fraction of sp³-hybridized carbons (Fsp3) is 0.462. The number of carbonyl (C=O) groups is 1. The second kappa shape index (κ2) is 5.54. The zero-order valence-corrected chi connectivity index (χ0v) is 10.8. The Hall–Kier alpha value is -1.33. The van der Waals surface area contributed by atoms with Crippen molar-refractivity contribution < 1.29 is 14.5 Å². The maximum Gasteiger partial charge on any atom is 0.491 e. The molecule has 1 amide bonds. The van der Waals surface area contributed by atoms with Crippen LogP contribution in [0.2, 0.25) is 0 Å². The summed E-state index contributed by atoms with van der Waals surface area (Å²) in [5.74, 6) is 0.410. The SMILES string of the molecule is CCC(C)CNC(=O)c1ccc2c(c1)COB2O. The van der Waals surface area contributed by atoms with E-state index in [0.29, 0.717) is 24.6 Å². The molecule has 1 unspecified atom stereocenters. The van der Waals surface area contributed by atoms with Crippen molar-refractivity contribution in [1.82, 2.24) is 5.32 Å². The predicted molar refractivity (Wildman–Crippen MR) is 70.6 cm³/mol. The van der Waals surface area contributed by atoms with Gasteiger partial charge in [-0.3, -0.25) is 4.79 Å². The summed E-state index contributed by atoms with van der Waals surface area (Å²) in [6, 6.07) is 5.27. The van der Waals surface area contributed by atoms with Gasteiger partial charge in [0.1, 0.15) is 0 Å². The molecule has 1 atom stereocenters. The zero-order valence-electron chi connectivity index (χ0n) is 10.8. The summed E-state index contributed by atoms with van der Waals surface area (Å²) in [5, 5.41) is 12.4. The monoisotopic (exact) mass is 247 g/mol. The van der Waals surface area contributed by atoms with Crippen molar-refractivity contribution >= 4 is 18.5 Å². The Kier molecular flexibility index (Phi) is 4.04. The standard InChI is InChI=1S/C13H18BNO3/c1-3-9(2)7-15-13(16)10-4-5-12-11(6-10)8-18-14(12)17/h4-6,9,17H,3,7-8H2,1-2H3,(H,15,16). The average Bonchev–Trinajstić information content (AvgIpc) is 2.76. The predicted octanol–water partition coefficient (Wildman–Crippen LogP) is 0.680. The molecule has 0 saturated carbocycles. The van der Waals surface area contributed by atoms with Crippen LogP contribution in [-0.2, 0) is 11.3 Å². The van der Waals surface area contributed by atoms with E-state index in [2.05, 4.69) is 19.2 Å². The lowest BCUT2D eigenvalue weighted by Crippen LogP contribution is -2.30. The molecule has 96 valence electrons. The van der Waals surface area contributed by atoms with Crippen LogP contribution in [-0.4, -0.2) is 24.6 Å². The minimum atomic E-state index is -0.850. The molecule has 0 spiro atoms. The number of nitrogens with one attached hydrogen (secondary N) is 1. The Morgan fingerprint density at radius 1 is 1.61 bits per heavy atom. The first-order valence-electron chi connectivity index (χ1n) is 6.32. The van der Waals surface area contributed by atoms with Crippen LogP contribution in [0, 0.1) is 5.92 Å². The molecular formula is C13H18BNO3. The van der Waals surface area contributed by atoms with E-state index in [0.717, 1.165) is 17.4 Å². The van der Waals surface area contributed by atoms with Gasteiger partial charge in [-0.2, -0.15) is 0 Å². The van der Waals surface area contributed by atoms with E-state index in [-0.39, 0.29) is 5.91 Å². The third kappa shape index (κ3) is 2.74. The first-order valence-corrected chi connectivity index (χ1v) is 6.32. The Labute approximate surface area is 107 Å². The molecule has 0 saturated heterocycles. The van der Waals surface area contributed by atoms with Crippen molar-refractivity contribution in [1.29, 1.82) is 0 Å². The van der Waals surface area contributed by atoms with Gasteiger partial charge < -0.3 is 15.0 Å². The van der Waals surface area contributed by atoms with Crippen LogP contribution in [0.1, 0.15) is 36.2 Å². The number of benzene rings is 1. The zero-order chi connectivity index (χ0) is 13.1. The van der Waals surface area contributed by atoms with Crippen molar-refractivity contribution in [2.45, 2.75) is 26.9 Å². The van der Waals surface area contributed by atoms with Gasteiger partial charge in [-0.1, -0.05) is 26.3 Å². The largest absolute Gasteiger partial charge is 0.491 e. The molecule has 0 aliphatic carbocycles. The summed E-state index contributed by atoms with van der Waals surface area (Å²) < 4.78 is 5.10. The van der Waals surface area contributed by atoms with E-state index in [1.54, 1.807) is 18.2 Å². The van der Waals surface area contributed by atoms with Crippen LogP contribution in [0.3, 0.4) is 0 Å². The van der Waals surface area contributed by atoms with Crippen LogP contribution >= 0.6 is 0 Å². The highest BCUT2D eigenvalue weighted by molar-refractivity contribution is 6.61. The molecule has 1 aliphatic heterocycles. The Bertz CT molecular complexity index is 450. The molecule has 4 nitrogen and oxygen atoms in total. The van der Waals surface area contributed by atoms with Gasteiger partial charge in [0.15, 0.2) is 0 Å². The van der Waals surface area contributed by atoms with E-state index in [4.69, 9.17) is 4.65 Å². The summed E-state index contributed by atoms with van der Waals surface area (Å²) in [6.45, 7) is 5.26. The van der Waals surface area contributed by atoms with Gasteiger partial charge in [-0.25, -0.2) is 0 Å². The maximum atomic E-state index is 11.9. The molecule has 2 rings (SSSR count). The molecule has 0 bridgehead atoms. The third-order valence-corrected chi connectivity index (χ3v) is 3.38. The molecule has 1 aromatic carbocycles. The minimum Gasteiger partial charge on any atom is -0.423 e. The number of hydrogen-bond acceptors (Lipinski definition) is 3. The lowest BCUT2D eigenvalue weighted by Gasteiger charge is -2.10. The minimum absolute atomic E-state index is 0.0699. The maximum absolute atomic E-state index is 11.9. The highest BCUT2D eigenvalue weighted by atomic mass is 16.5. The van der Waals surface area contributed by atoms with Crippen molar-refractivity contribution in [2.75, 3.05) is 6.54 Å².